The predicted octanol–water partition coefficient (Wildman–Crippen LogP) is 2.85. The highest BCUT2D eigenvalue weighted by Crippen LogP contribution is 2.27. The average molecular weight is 296 g/mol. The van der Waals surface area contributed by atoms with Crippen molar-refractivity contribution in [2.45, 2.75) is 13.8 Å². The number of carbonyl (C=O) groups is 2. The molecule has 0 radical (unpaired) electrons. The van der Waals surface area contributed by atoms with Gasteiger partial charge in [-0.2, -0.15) is 0 Å². The van der Waals surface area contributed by atoms with E-state index >= 15 is 0 Å². The van der Waals surface area contributed by atoms with Gasteiger partial charge in [0, 0.05) is 24.2 Å². The second-order valence-corrected chi connectivity index (χ2v) is 4.81. The lowest BCUT2D eigenvalue weighted by Crippen LogP contribution is -2.25. The van der Waals surface area contributed by atoms with Gasteiger partial charge in [0.25, 0.3) is 11.8 Å². The van der Waals surface area contributed by atoms with Crippen LogP contribution in [0.15, 0.2) is 48.5 Å². The van der Waals surface area contributed by atoms with Crippen LogP contribution in [-0.4, -0.2) is 24.9 Å². The average Bonchev–Trinajstić information content (AvgIpc) is 2.55. The van der Waals surface area contributed by atoms with E-state index in [-0.39, 0.29) is 11.8 Å². The molecule has 0 aliphatic heterocycles. The molecule has 0 aromatic heterocycles. The summed E-state index contributed by atoms with van der Waals surface area (Å²) >= 11 is 0. The summed E-state index contributed by atoms with van der Waals surface area (Å²) in [4.78, 5) is 24.5. The summed E-state index contributed by atoms with van der Waals surface area (Å²) in [6, 6.07) is 14.7. The Labute approximate surface area is 130 Å². The summed E-state index contributed by atoms with van der Waals surface area (Å²) in [7, 11) is 0. The van der Waals surface area contributed by atoms with Crippen LogP contribution < -0.4 is 10.6 Å². The summed E-state index contributed by atoms with van der Waals surface area (Å²) in [6.45, 7) is 4.88. The maximum atomic E-state index is 12.2. The highest BCUT2D eigenvalue weighted by atomic mass is 16.2. The molecule has 114 valence electrons. The smallest absolute Gasteiger partial charge is 0.251 e. The van der Waals surface area contributed by atoms with Crippen molar-refractivity contribution >= 4 is 11.8 Å². The standard InChI is InChI=1S/C18H20N2O2/c1-3-19-17(21)15-11-7-5-9-13(15)14-10-6-8-12-16(14)18(22)20-4-2/h5-12H,3-4H2,1-2H3,(H,19,21)(H,20,22). The van der Waals surface area contributed by atoms with Crippen LogP contribution in [0.25, 0.3) is 11.1 Å². The molecule has 0 spiro atoms. The summed E-state index contributed by atoms with van der Waals surface area (Å²) < 4.78 is 0. The Balaban J connectivity index is 2.53. The minimum atomic E-state index is -0.135. The molecule has 0 atom stereocenters. The first-order valence-electron chi connectivity index (χ1n) is 7.43. The lowest BCUT2D eigenvalue weighted by molar-refractivity contribution is 0.0946. The van der Waals surface area contributed by atoms with Gasteiger partial charge in [-0.15, -0.1) is 0 Å². The molecule has 4 nitrogen and oxygen atoms in total. The maximum Gasteiger partial charge on any atom is 0.251 e. The van der Waals surface area contributed by atoms with Gasteiger partial charge in [0.05, 0.1) is 0 Å². The molecule has 0 aliphatic carbocycles. The molecule has 2 N–H and O–H groups in total. The van der Waals surface area contributed by atoms with E-state index < -0.39 is 0 Å². The second kappa shape index (κ2) is 7.41. The third kappa shape index (κ3) is 3.34. The molecule has 0 saturated carbocycles. The molecule has 0 fully saturated rings. The number of nitrogens with one attached hydrogen (secondary N) is 2. The van der Waals surface area contributed by atoms with Crippen LogP contribution in [-0.2, 0) is 0 Å². The Morgan fingerprint density at radius 2 is 1.09 bits per heavy atom. The lowest BCUT2D eigenvalue weighted by Gasteiger charge is -2.13. The quantitative estimate of drug-likeness (QED) is 0.891. The number of carbonyl (C=O) groups excluding carboxylic acids is 2. The third-order valence-electron chi connectivity index (χ3n) is 3.31. The predicted molar refractivity (Wildman–Crippen MR) is 87.9 cm³/mol. The first kappa shape index (κ1) is 15.8. The molecule has 22 heavy (non-hydrogen) atoms. The van der Waals surface area contributed by atoms with Crippen LogP contribution >= 0.6 is 0 Å². The molecule has 0 bridgehead atoms. The summed E-state index contributed by atoms with van der Waals surface area (Å²) in [5.41, 5.74) is 2.66. The topological polar surface area (TPSA) is 58.2 Å². The highest BCUT2D eigenvalue weighted by Gasteiger charge is 2.16. The number of rotatable bonds is 5. The molecular formula is C18H20N2O2. The Morgan fingerprint density at radius 3 is 1.45 bits per heavy atom. The number of hydrogen-bond donors (Lipinski definition) is 2. The fraction of sp³-hybridized carbons (Fsp3) is 0.222. The van der Waals surface area contributed by atoms with E-state index in [1.54, 1.807) is 12.1 Å². The van der Waals surface area contributed by atoms with Crippen molar-refractivity contribution in [2.24, 2.45) is 0 Å². The molecule has 0 saturated heterocycles. The first-order valence-corrected chi connectivity index (χ1v) is 7.43. The van der Waals surface area contributed by atoms with E-state index in [2.05, 4.69) is 10.6 Å². The normalized spacial score (nSPS) is 10.1. The molecule has 2 aromatic carbocycles. The minimum absolute atomic E-state index is 0.135. The van der Waals surface area contributed by atoms with E-state index in [4.69, 9.17) is 0 Å². The van der Waals surface area contributed by atoms with Gasteiger partial charge in [-0.1, -0.05) is 36.4 Å². The molecule has 2 aromatic rings. The van der Waals surface area contributed by atoms with E-state index in [9.17, 15) is 9.59 Å². The molecule has 0 unspecified atom stereocenters. The molecule has 0 aliphatic rings. The Morgan fingerprint density at radius 1 is 0.727 bits per heavy atom. The monoisotopic (exact) mass is 296 g/mol. The fourth-order valence-electron chi connectivity index (χ4n) is 2.34. The van der Waals surface area contributed by atoms with E-state index in [1.165, 1.54) is 0 Å². The molecule has 4 heteroatoms. The summed E-state index contributed by atoms with van der Waals surface area (Å²) in [5.74, 6) is -0.271. The molecule has 0 heterocycles. The van der Waals surface area contributed by atoms with Crippen molar-refractivity contribution in [2.75, 3.05) is 13.1 Å². The SMILES string of the molecule is CCNC(=O)c1ccccc1-c1ccccc1C(=O)NCC. The van der Waals surface area contributed by atoms with Crippen LogP contribution in [0.2, 0.25) is 0 Å². The van der Waals surface area contributed by atoms with Crippen LogP contribution in [0.5, 0.6) is 0 Å². The summed E-state index contributed by atoms with van der Waals surface area (Å²) in [6.07, 6.45) is 0. The lowest BCUT2D eigenvalue weighted by atomic mass is 9.94. The van der Waals surface area contributed by atoms with Crippen LogP contribution in [0.1, 0.15) is 34.6 Å². The number of amides is 2. The van der Waals surface area contributed by atoms with Gasteiger partial charge in [0.15, 0.2) is 0 Å². The molecular weight excluding hydrogens is 276 g/mol. The second-order valence-electron chi connectivity index (χ2n) is 4.81. The highest BCUT2D eigenvalue weighted by molar-refractivity contribution is 6.06. The number of benzene rings is 2. The van der Waals surface area contributed by atoms with Crippen molar-refractivity contribution in [3.8, 4) is 11.1 Å². The van der Waals surface area contributed by atoms with Crippen molar-refractivity contribution in [1.82, 2.24) is 10.6 Å². The third-order valence-corrected chi connectivity index (χ3v) is 3.31. The van der Waals surface area contributed by atoms with Crippen molar-refractivity contribution in [1.29, 1.82) is 0 Å². The van der Waals surface area contributed by atoms with Gasteiger partial charge < -0.3 is 10.6 Å². The van der Waals surface area contributed by atoms with Gasteiger partial charge in [-0.05, 0) is 37.1 Å². The van der Waals surface area contributed by atoms with Crippen molar-refractivity contribution < 1.29 is 9.59 Å². The van der Waals surface area contributed by atoms with Gasteiger partial charge in [-0.25, -0.2) is 0 Å². The van der Waals surface area contributed by atoms with Gasteiger partial charge >= 0.3 is 0 Å². The first-order chi connectivity index (χ1) is 10.7. The van der Waals surface area contributed by atoms with E-state index in [0.717, 1.165) is 11.1 Å². The van der Waals surface area contributed by atoms with E-state index in [1.807, 2.05) is 50.2 Å². The number of hydrogen-bond acceptors (Lipinski definition) is 2. The Kier molecular flexibility index (Phi) is 5.31. The van der Waals surface area contributed by atoms with Crippen molar-refractivity contribution in [3.05, 3.63) is 59.7 Å². The zero-order chi connectivity index (χ0) is 15.9. The van der Waals surface area contributed by atoms with Gasteiger partial charge in [-0.3, -0.25) is 9.59 Å². The minimum Gasteiger partial charge on any atom is -0.352 e. The molecule has 2 rings (SSSR count). The van der Waals surface area contributed by atoms with Crippen LogP contribution in [0.3, 0.4) is 0 Å². The van der Waals surface area contributed by atoms with E-state index in [0.29, 0.717) is 24.2 Å². The van der Waals surface area contributed by atoms with Crippen LogP contribution in [0.4, 0.5) is 0 Å². The van der Waals surface area contributed by atoms with Gasteiger partial charge in [0.1, 0.15) is 0 Å². The van der Waals surface area contributed by atoms with Crippen LogP contribution in [0, 0.1) is 0 Å². The van der Waals surface area contributed by atoms with Crippen molar-refractivity contribution in [3.63, 3.8) is 0 Å². The summed E-state index contributed by atoms with van der Waals surface area (Å²) in [5, 5.41) is 5.61. The zero-order valence-corrected chi connectivity index (χ0v) is 12.8. The van der Waals surface area contributed by atoms with Gasteiger partial charge in [0.2, 0.25) is 0 Å². The molecule has 2 amide bonds. The Hall–Kier alpha value is -2.62. The largest absolute Gasteiger partial charge is 0.352 e. The fourth-order valence-corrected chi connectivity index (χ4v) is 2.34. The zero-order valence-electron chi connectivity index (χ0n) is 12.8. The Bertz CT molecular complexity index is 621. The maximum absolute atomic E-state index is 12.2.